The number of nitrogens with one attached hydrogen (secondary N) is 3. The van der Waals surface area contributed by atoms with Crippen molar-refractivity contribution < 1.29 is 41.8 Å². The van der Waals surface area contributed by atoms with Gasteiger partial charge < -0.3 is 20.3 Å². The molecule has 248 valence electrons. The highest BCUT2D eigenvalue weighted by Crippen LogP contribution is 2.37. The van der Waals surface area contributed by atoms with E-state index in [1.165, 1.54) is 24.3 Å². The fourth-order valence-corrected chi connectivity index (χ4v) is 5.55. The zero-order valence-electron chi connectivity index (χ0n) is 25.4. The van der Waals surface area contributed by atoms with Crippen molar-refractivity contribution in [3.8, 4) is 0 Å². The summed E-state index contributed by atoms with van der Waals surface area (Å²) in [4.78, 5) is 53.3. The molecule has 15 heteroatoms. The lowest BCUT2D eigenvalue weighted by Crippen LogP contribution is -2.47. The Hall–Kier alpha value is -4.53. The van der Waals surface area contributed by atoms with Gasteiger partial charge in [-0.1, -0.05) is 6.07 Å². The Balaban J connectivity index is 0.000000617. The molecule has 46 heavy (non-hydrogen) atoms. The zero-order chi connectivity index (χ0) is 33.6. The van der Waals surface area contributed by atoms with Crippen LogP contribution in [0.1, 0.15) is 61.5 Å². The molecule has 1 aromatic heterocycles. The quantitative estimate of drug-likeness (QED) is 0.281. The number of hydrogen-bond donors (Lipinski definition) is 4. The van der Waals surface area contributed by atoms with E-state index < -0.39 is 18.0 Å². The first-order valence-electron chi connectivity index (χ1n) is 14.9. The fraction of sp³-hybridized carbons (Fsp3) is 0.452. The van der Waals surface area contributed by atoms with Gasteiger partial charge in [0, 0.05) is 43.2 Å². The largest absolute Gasteiger partial charge is 0.490 e. The van der Waals surface area contributed by atoms with Gasteiger partial charge in [-0.15, -0.1) is 0 Å². The van der Waals surface area contributed by atoms with Gasteiger partial charge in [0.05, 0.1) is 17.6 Å². The molecule has 1 aliphatic heterocycles. The third kappa shape index (κ3) is 9.02. The molecule has 1 saturated carbocycles. The number of carbonyl (C=O) groups excluding carboxylic acids is 3. The first kappa shape index (κ1) is 34.3. The summed E-state index contributed by atoms with van der Waals surface area (Å²) < 4.78 is 47.2. The first-order chi connectivity index (χ1) is 21.7. The minimum absolute atomic E-state index is 0.0245. The molecule has 2 fully saturated rings. The number of nitrogens with zero attached hydrogens (tertiary/aromatic N) is 3. The van der Waals surface area contributed by atoms with E-state index in [1.54, 1.807) is 0 Å². The van der Waals surface area contributed by atoms with Crippen molar-refractivity contribution in [2.75, 3.05) is 25.0 Å². The Morgan fingerprint density at radius 1 is 1.07 bits per heavy atom. The molecule has 1 aliphatic carbocycles. The summed E-state index contributed by atoms with van der Waals surface area (Å²) in [5.41, 5.74) is 3.05. The number of carboxylic acid groups (broad SMARTS) is 1. The maximum absolute atomic E-state index is 13.4. The van der Waals surface area contributed by atoms with Gasteiger partial charge in [0.15, 0.2) is 0 Å². The van der Waals surface area contributed by atoms with Crippen LogP contribution < -0.4 is 16.0 Å². The summed E-state index contributed by atoms with van der Waals surface area (Å²) >= 11 is 0. The monoisotopic (exact) mass is 648 g/mol. The normalized spacial score (nSPS) is 18.8. The van der Waals surface area contributed by atoms with Gasteiger partial charge >= 0.3 is 12.1 Å². The van der Waals surface area contributed by atoms with Gasteiger partial charge in [0.1, 0.15) is 5.82 Å². The molecule has 0 radical (unpaired) electrons. The van der Waals surface area contributed by atoms with Crippen LogP contribution in [0.15, 0.2) is 42.5 Å². The van der Waals surface area contributed by atoms with E-state index >= 15 is 0 Å². The number of halogens is 4. The smallest absolute Gasteiger partial charge is 0.475 e. The van der Waals surface area contributed by atoms with Crippen LogP contribution in [0.25, 0.3) is 11.0 Å². The molecular weight excluding hydrogens is 612 g/mol. The lowest BCUT2D eigenvalue weighted by molar-refractivity contribution is -0.192. The number of carboxylic acids is 1. The predicted octanol–water partition coefficient (Wildman–Crippen LogP) is 4.25. The Morgan fingerprint density at radius 2 is 1.72 bits per heavy atom. The first-order valence-corrected chi connectivity index (χ1v) is 14.9. The van der Waals surface area contributed by atoms with Crippen LogP contribution in [0.3, 0.4) is 0 Å². The molecule has 2 aromatic carbocycles. The van der Waals surface area contributed by atoms with Crippen molar-refractivity contribution >= 4 is 40.7 Å². The summed E-state index contributed by atoms with van der Waals surface area (Å²) in [6.07, 6.45) is -2.04. The zero-order valence-corrected chi connectivity index (χ0v) is 25.4. The standard InChI is InChI=1S/C29H35FN6O3.C2HF3O2/c1-18(2)32-27(38)21-6-10-23(11-7-21)36-25-15-19(16-35-14-13-31-26(37)17-35)3-12-24(25)33-29(36)34-28(39)20-4-8-22(30)9-5-20;3-2(4,5)1(6)7/h3-5,8-9,12,15,18,21,23H,6-7,10-11,13-14,16-17H2,1-2H3,(H,31,37)(H,32,38)(H,33,34,39);(H,6,7). The number of aliphatic carboxylic acids is 1. The maximum Gasteiger partial charge on any atom is 0.490 e. The number of rotatable bonds is 7. The lowest BCUT2D eigenvalue weighted by Gasteiger charge is -2.30. The van der Waals surface area contributed by atoms with E-state index in [4.69, 9.17) is 14.9 Å². The van der Waals surface area contributed by atoms with Gasteiger partial charge in [-0.3, -0.25) is 24.6 Å². The second-order valence-electron chi connectivity index (χ2n) is 11.6. The van der Waals surface area contributed by atoms with Gasteiger partial charge in [-0.2, -0.15) is 13.2 Å². The number of carbonyl (C=O) groups is 4. The molecule has 11 nitrogen and oxygen atoms in total. The van der Waals surface area contributed by atoms with E-state index in [-0.39, 0.29) is 35.7 Å². The highest BCUT2D eigenvalue weighted by molar-refractivity contribution is 6.04. The fourth-order valence-electron chi connectivity index (χ4n) is 5.55. The van der Waals surface area contributed by atoms with Gasteiger partial charge in [0.25, 0.3) is 5.91 Å². The minimum Gasteiger partial charge on any atom is -0.475 e. The van der Waals surface area contributed by atoms with Crippen LogP contribution >= 0.6 is 0 Å². The number of imidazole rings is 1. The number of benzene rings is 2. The molecule has 1 saturated heterocycles. The van der Waals surface area contributed by atoms with Crippen molar-refractivity contribution in [1.29, 1.82) is 0 Å². The van der Waals surface area contributed by atoms with Gasteiger partial charge in [0.2, 0.25) is 17.8 Å². The summed E-state index contributed by atoms with van der Waals surface area (Å²) in [5, 5.41) is 16.0. The number of fused-ring (bicyclic) bond motifs is 1. The third-order valence-electron chi connectivity index (χ3n) is 7.72. The number of alkyl halides is 3. The van der Waals surface area contributed by atoms with Crippen molar-refractivity contribution in [3.63, 3.8) is 0 Å². The van der Waals surface area contributed by atoms with E-state index in [1.807, 2.05) is 26.0 Å². The number of hydrogen-bond acceptors (Lipinski definition) is 6. The molecule has 0 unspecified atom stereocenters. The predicted molar refractivity (Wildman–Crippen MR) is 160 cm³/mol. The van der Waals surface area contributed by atoms with Crippen molar-refractivity contribution in [1.82, 2.24) is 25.1 Å². The van der Waals surface area contributed by atoms with Crippen LogP contribution in [0.4, 0.5) is 23.5 Å². The Bertz CT molecular complexity index is 1570. The van der Waals surface area contributed by atoms with Crippen molar-refractivity contribution in [2.24, 2.45) is 5.92 Å². The molecule has 0 bridgehead atoms. The van der Waals surface area contributed by atoms with E-state index in [2.05, 4.69) is 31.5 Å². The summed E-state index contributed by atoms with van der Waals surface area (Å²) in [6, 6.07) is 11.6. The molecule has 0 atom stereocenters. The summed E-state index contributed by atoms with van der Waals surface area (Å²) in [5.74, 6) is -3.01. The second-order valence-corrected chi connectivity index (χ2v) is 11.6. The Morgan fingerprint density at radius 3 is 2.30 bits per heavy atom. The number of piperazine rings is 1. The van der Waals surface area contributed by atoms with E-state index in [0.29, 0.717) is 31.1 Å². The number of aromatic nitrogens is 2. The number of amides is 3. The highest BCUT2D eigenvalue weighted by Gasteiger charge is 2.38. The van der Waals surface area contributed by atoms with Crippen LogP contribution in [-0.2, 0) is 20.9 Å². The molecule has 5 rings (SSSR count). The molecule has 3 aromatic rings. The van der Waals surface area contributed by atoms with Crippen LogP contribution in [0, 0.1) is 11.7 Å². The van der Waals surface area contributed by atoms with E-state index in [0.717, 1.165) is 48.8 Å². The maximum atomic E-state index is 13.4. The van der Waals surface area contributed by atoms with Gasteiger partial charge in [-0.25, -0.2) is 14.2 Å². The Labute approximate surface area is 262 Å². The van der Waals surface area contributed by atoms with Crippen molar-refractivity contribution in [2.45, 2.75) is 64.3 Å². The Kier molecular flexibility index (Phi) is 11.0. The third-order valence-corrected chi connectivity index (χ3v) is 7.72. The van der Waals surface area contributed by atoms with E-state index in [9.17, 15) is 31.9 Å². The van der Waals surface area contributed by atoms with Crippen LogP contribution in [0.5, 0.6) is 0 Å². The molecule has 0 spiro atoms. The molecule has 3 amide bonds. The summed E-state index contributed by atoms with van der Waals surface area (Å²) in [6.45, 7) is 6.33. The molecule has 2 aliphatic rings. The average Bonchev–Trinajstić information content (AvgIpc) is 3.34. The van der Waals surface area contributed by atoms with Crippen LogP contribution in [-0.4, -0.2) is 75.1 Å². The molecular formula is C31H36F4N6O5. The number of anilines is 1. The average molecular weight is 649 g/mol. The lowest BCUT2D eigenvalue weighted by atomic mass is 9.85. The minimum atomic E-state index is -5.08. The molecule has 4 N–H and O–H groups in total. The topological polar surface area (TPSA) is 146 Å². The SMILES string of the molecule is CC(C)NC(=O)C1CCC(n2c(NC(=O)c3ccc(F)cc3)nc3ccc(CN4CCNC(=O)C4)cc32)CC1.O=C(O)C(F)(F)F. The molecule has 2 heterocycles. The second kappa shape index (κ2) is 14.7. The van der Waals surface area contributed by atoms with Crippen molar-refractivity contribution in [3.05, 3.63) is 59.4 Å². The summed E-state index contributed by atoms with van der Waals surface area (Å²) in [7, 11) is 0. The van der Waals surface area contributed by atoms with Crippen LogP contribution in [0.2, 0.25) is 0 Å². The highest BCUT2D eigenvalue weighted by atomic mass is 19.4. The van der Waals surface area contributed by atoms with Gasteiger partial charge in [-0.05, 0) is 81.5 Å².